The standard InChI is InChI=1S/C17H26BrNO/c1-3-13-6-9-17(20)15(10-13)12-19(2)11-14-4-7-16(18)8-5-14/h4-5,7-8,13,15,17,20H,3,6,9-12H2,1-2H3. The fourth-order valence-electron chi connectivity index (χ4n) is 3.28. The van der Waals surface area contributed by atoms with Crippen molar-refractivity contribution >= 4 is 15.9 Å². The van der Waals surface area contributed by atoms with E-state index in [-0.39, 0.29) is 6.10 Å². The zero-order valence-electron chi connectivity index (χ0n) is 12.6. The van der Waals surface area contributed by atoms with Crippen LogP contribution in [0.15, 0.2) is 28.7 Å². The Hall–Kier alpha value is -0.380. The molecule has 3 atom stereocenters. The highest BCUT2D eigenvalue weighted by atomic mass is 79.9. The topological polar surface area (TPSA) is 23.5 Å². The van der Waals surface area contributed by atoms with E-state index < -0.39 is 0 Å². The summed E-state index contributed by atoms with van der Waals surface area (Å²) in [5.74, 6) is 1.25. The Balaban J connectivity index is 1.86. The van der Waals surface area contributed by atoms with Crippen molar-refractivity contribution in [3.8, 4) is 0 Å². The van der Waals surface area contributed by atoms with Crippen molar-refractivity contribution in [1.29, 1.82) is 0 Å². The fourth-order valence-corrected chi connectivity index (χ4v) is 3.54. The highest BCUT2D eigenvalue weighted by Crippen LogP contribution is 2.31. The second kappa shape index (κ2) is 7.58. The maximum absolute atomic E-state index is 10.2. The van der Waals surface area contributed by atoms with Crippen molar-refractivity contribution < 1.29 is 5.11 Å². The summed E-state index contributed by atoms with van der Waals surface area (Å²) in [5, 5.41) is 10.2. The lowest BCUT2D eigenvalue weighted by molar-refractivity contribution is 0.0298. The largest absolute Gasteiger partial charge is 0.393 e. The van der Waals surface area contributed by atoms with E-state index in [1.165, 1.54) is 24.8 Å². The summed E-state index contributed by atoms with van der Waals surface area (Å²) < 4.78 is 1.12. The van der Waals surface area contributed by atoms with Crippen LogP contribution < -0.4 is 0 Å². The Kier molecular flexibility index (Phi) is 6.06. The molecule has 0 saturated heterocycles. The lowest BCUT2D eigenvalue weighted by atomic mass is 9.78. The Morgan fingerprint density at radius 2 is 1.95 bits per heavy atom. The van der Waals surface area contributed by atoms with Crippen LogP contribution in [0.5, 0.6) is 0 Å². The van der Waals surface area contributed by atoms with E-state index in [9.17, 15) is 5.11 Å². The maximum Gasteiger partial charge on any atom is 0.0580 e. The van der Waals surface area contributed by atoms with E-state index in [0.29, 0.717) is 5.92 Å². The number of halogens is 1. The lowest BCUT2D eigenvalue weighted by Crippen LogP contribution is -2.37. The molecule has 1 aromatic rings. The third-order valence-electron chi connectivity index (χ3n) is 4.54. The number of aliphatic hydroxyl groups is 1. The van der Waals surface area contributed by atoms with E-state index in [0.717, 1.165) is 29.9 Å². The van der Waals surface area contributed by atoms with Gasteiger partial charge in [0.15, 0.2) is 0 Å². The van der Waals surface area contributed by atoms with Gasteiger partial charge in [0.2, 0.25) is 0 Å². The molecule has 3 unspecified atom stereocenters. The van der Waals surface area contributed by atoms with Gasteiger partial charge in [0, 0.05) is 17.6 Å². The summed E-state index contributed by atoms with van der Waals surface area (Å²) in [4.78, 5) is 2.34. The van der Waals surface area contributed by atoms with Gasteiger partial charge in [-0.2, -0.15) is 0 Å². The van der Waals surface area contributed by atoms with E-state index >= 15 is 0 Å². The smallest absolute Gasteiger partial charge is 0.0580 e. The number of hydrogen-bond acceptors (Lipinski definition) is 2. The number of hydrogen-bond donors (Lipinski definition) is 1. The minimum absolute atomic E-state index is 0.106. The van der Waals surface area contributed by atoms with Gasteiger partial charge in [0.25, 0.3) is 0 Å². The van der Waals surface area contributed by atoms with Crippen LogP contribution in [0.3, 0.4) is 0 Å². The molecule has 1 fully saturated rings. The van der Waals surface area contributed by atoms with Gasteiger partial charge in [0.05, 0.1) is 6.10 Å². The average Bonchev–Trinajstić information content (AvgIpc) is 2.44. The molecule has 2 rings (SSSR count). The van der Waals surface area contributed by atoms with Gasteiger partial charge < -0.3 is 10.0 Å². The fraction of sp³-hybridized carbons (Fsp3) is 0.647. The molecule has 1 saturated carbocycles. The van der Waals surface area contributed by atoms with E-state index in [1.807, 2.05) is 0 Å². The van der Waals surface area contributed by atoms with Gasteiger partial charge in [-0.25, -0.2) is 0 Å². The van der Waals surface area contributed by atoms with Gasteiger partial charge in [-0.05, 0) is 55.8 Å². The second-order valence-corrected chi connectivity index (χ2v) is 7.15. The summed E-state index contributed by atoms with van der Waals surface area (Å²) >= 11 is 3.47. The van der Waals surface area contributed by atoms with Crippen molar-refractivity contribution in [2.45, 2.75) is 45.3 Å². The normalized spacial score (nSPS) is 26.9. The van der Waals surface area contributed by atoms with Crippen molar-refractivity contribution in [3.05, 3.63) is 34.3 Å². The van der Waals surface area contributed by atoms with Crippen molar-refractivity contribution in [2.75, 3.05) is 13.6 Å². The first kappa shape index (κ1) is 16.0. The molecule has 1 N–H and O–H groups in total. The third-order valence-corrected chi connectivity index (χ3v) is 5.07. The van der Waals surface area contributed by atoms with Gasteiger partial charge in [-0.15, -0.1) is 0 Å². The molecule has 0 bridgehead atoms. The predicted molar refractivity (Wildman–Crippen MR) is 87.6 cm³/mol. The quantitative estimate of drug-likeness (QED) is 0.873. The molecule has 1 aliphatic carbocycles. The Bertz CT molecular complexity index is 406. The van der Waals surface area contributed by atoms with E-state index in [4.69, 9.17) is 0 Å². The highest BCUT2D eigenvalue weighted by molar-refractivity contribution is 9.10. The monoisotopic (exact) mass is 339 g/mol. The van der Waals surface area contributed by atoms with Crippen LogP contribution in [0.1, 0.15) is 38.2 Å². The van der Waals surface area contributed by atoms with Gasteiger partial charge in [-0.3, -0.25) is 0 Å². The van der Waals surface area contributed by atoms with Crippen LogP contribution in [0, 0.1) is 11.8 Å². The van der Waals surface area contributed by atoms with Crippen molar-refractivity contribution in [1.82, 2.24) is 4.90 Å². The van der Waals surface area contributed by atoms with Gasteiger partial charge in [-0.1, -0.05) is 41.4 Å². The molecule has 0 aromatic heterocycles. The molecule has 1 aliphatic rings. The van der Waals surface area contributed by atoms with Crippen LogP contribution in [0.25, 0.3) is 0 Å². The van der Waals surface area contributed by atoms with E-state index in [1.54, 1.807) is 0 Å². The number of aliphatic hydroxyl groups excluding tert-OH is 1. The SMILES string of the molecule is CCC1CCC(O)C(CN(C)Cc2ccc(Br)cc2)C1. The number of rotatable bonds is 5. The summed E-state index contributed by atoms with van der Waals surface area (Å²) in [6.45, 7) is 4.21. The maximum atomic E-state index is 10.2. The minimum atomic E-state index is -0.106. The molecule has 0 spiro atoms. The minimum Gasteiger partial charge on any atom is -0.393 e. The zero-order valence-corrected chi connectivity index (χ0v) is 14.1. The highest BCUT2D eigenvalue weighted by Gasteiger charge is 2.28. The van der Waals surface area contributed by atoms with Crippen molar-refractivity contribution in [3.63, 3.8) is 0 Å². The van der Waals surface area contributed by atoms with Crippen LogP contribution in [0.2, 0.25) is 0 Å². The number of benzene rings is 1. The summed E-state index contributed by atoms with van der Waals surface area (Å²) in [6, 6.07) is 8.50. The molecular weight excluding hydrogens is 314 g/mol. The molecule has 112 valence electrons. The van der Waals surface area contributed by atoms with Crippen LogP contribution in [-0.4, -0.2) is 29.7 Å². The first-order valence-electron chi connectivity index (χ1n) is 7.69. The van der Waals surface area contributed by atoms with E-state index in [2.05, 4.69) is 59.1 Å². The summed E-state index contributed by atoms with van der Waals surface area (Å²) in [7, 11) is 2.16. The summed E-state index contributed by atoms with van der Waals surface area (Å²) in [5.41, 5.74) is 1.33. The molecule has 0 heterocycles. The molecule has 3 heteroatoms. The Morgan fingerprint density at radius 3 is 2.60 bits per heavy atom. The van der Waals surface area contributed by atoms with Crippen LogP contribution >= 0.6 is 15.9 Å². The molecule has 0 amide bonds. The first-order valence-corrected chi connectivity index (χ1v) is 8.48. The molecular formula is C17H26BrNO. The first-order chi connectivity index (χ1) is 9.58. The number of nitrogens with zero attached hydrogens (tertiary/aromatic N) is 1. The molecule has 0 radical (unpaired) electrons. The molecule has 20 heavy (non-hydrogen) atoms. The predicted octanol–water partition coefficient (Wildman–Crippen LogP) is 4.07. The molecule has 0 aliphatic heterocycles. The lowest BCUT2D eigenvalue weighted by Gasteiger charge is -2.35. The average molecular weight is 340 g/mol. The Morgan fingerprint density at radius 1 is 1.25 bits per heavy atom. The summed E-state index contributed by atoms with van der Waals surface area (Å²) in [6.07, 6.45) is 4.51. The second-order valence-electron chi connectivity index (χ2n) is 6.24. The third kappa shape index (κ3) is 4.57. The Labute approximate surface area is 131 Å². The van der Waals surface area contributed by atoms with Crippen LogP contribution in [0.4, 0.5) is 0 Å². The van der Waals surface area contributed by atoms with Gasteiger partial charge >= 0.3 is 0 Å². The van der Waals surface area contributed by atoms with Gasteiger partial charge in [0.1, 0.15) is 0 Å². The van der Waals surface area contributed by atoms with Crippen LogP contribution in [-0.2, 0) is 6.54 Å². The molecule has 1 aromatic carbocycles. The zero-order chi connectivity index (χ0) is 14.5. The van der Waals surface area contributed by atoms with Crippen molar-refractivity contribution in [2.24, 2.45) is 11.8 Å². The molecule has 2 nitrogen and oxygen atoms in total.